The molecule has 0 N–H and O–H groups in total. The topological polar surface area (TPSA) is 70.8 Å². The van der Waals surface area contributed by atoms with E-state index in [9.17, 15) is 8.42 Å². The maximum Gasteiger partial charge on any atom is 0.154 e. The van der Waals surface area contributed by atoms with Crippen molar-refractivity contribution in [2.45, 2.75) is 19.1 Å². The summed E-state index contributed by atoms with van der Waals surface area (Å²) in [6, 6.07) is 5.15. The largest absolute Gasteiger partial charge is 0.245 e. The molecule has 1 aromatic heterocycles. The minimum Gasteiger partial charge on any atom is -0.245 e. The Hall–Kier alpha value is -1.41. The Morgan fingerprint density at radius 2 is 2.27 bits per heavy atom. The van der Waals surface area contributed by atoms with Crippen molar-refractivity contribution in [3.63, 3.8) is 0 Å². The molecule has 0 aliphatic heterocycles. The minimum absolute atomic E-state index is 0.0996. The zero-order valence-electron chi connectivity index (χ0n) is 8.47. The molecule has 0 atom stereocenters. The van der Waals surface area contributed by atoms with E-state index in [1.54, 1.807) is 12.1 Å². The molecule has 15 heavy (non-hydrogen) atoms. The Balaban J connectivity index is 2.96. The number of hydrogen-bond donors (Lipinski definition) is 0. The lowest BCUT2D eigenvalue weighted by Crippen LogP contribution is -2.10. The van der Waals surface area contributed by atoms with E-state index in [1.165, 1.54) is 6.20 Å². The summed E-state index contributed by atoms with van der Waals surface area (Å²) in [7, 11) is -3.11. The maximum absolute atomic E-state index is 11.5. The lowest BCUT2D eigenvalue weighted by Gasteiger charge is -2.03. The van der Waals surface area contributed by atoms with Crippen LogP contribution in [0.3, 0.4) is 0 Å². The van der Waals surface area contributed by atoms with E-state index in [2.05, 4.69) is 4.98 Å². The van der Waals surface area contributed by atoms with E-state index in [-0.39, 0.29) is 17.2 Å². The van der Waals surface area contributed by atoms with Gasteiger partial charge in [-0.1, -0.05) is 13.0 Å². The van der Waals surface area contributed by atoms with Crippen molar-refractivity contribution in [2.75, 3.05) is 5.75 Å². The quantitative estimate of drug-likeness (QED) is 0.772. The van der Waals surface area contributed by atoms with Gasteiger partial charge in [0.2, 0.25) is 0 Å². The van der Waals surface area contributed by atoms with Gasteiger partial charge >= 0.3 is 0 Å². The molecule has 5 heteroatoms. The third kappa shape index (κ3) is 3.33. The molecule has 0 spiro atoms. The van der Waals surface area contributed by atoms with Crippen LogP contribution in [0.2, 0.25) is 0 Å². The molecule has 0 aliphatic rings. The molecule has 0 aromatic carbocycles. The van der Waals surface area contributed by atoms with Crippen molar-refractivity contribution in [1.29, 1.82) is 5.26 Å². The molecule has 0 saturated heterocycles. The van der Waals surface area contributed by atoms with Crippen LogP contribution in [0.15, 0.2) is 18.3 Å². The molecular formula is C10H12N2O2S. The Bertz CT molecular complexity index is 474. The van der Waals surface area contributed by atoms with Crippen LogP contribution in [0.4, 0.5) is 0 Å². The SMILES string of the molecule is CCCS(=O)(=O)Cc1cccnc1C#N. The van der Waals surface area contributed by atoms with E-state index in [4.69, 9.17) is 5.26 Å². The van der Waals surface area contributed by atoms with Crippen LogP contribution in [0.5, 0.6) is 0 Å². The average Bonchev–Trinajstić information content (AvgIpc) is 2.17. The van der Waals surface area contributed by atoms with E-state index in [1.807, 2.05) is 13.0 Å². The standard InChI is InChI=1S/C10H12N2O2S/c1-2-6-15(13,14)8-9-4-3-5-12-10(9)7-11/h3-5H,2,6,8H2,1H3. The second-order valence-electron chi connectivity index (χ2n) is 3.21. The first kappa shape index (κ1) is 11.7. The zero-order valence-corrected chi connectivity index (χ0v) is 9.29. The van der Waals surface area contributed by atoms with Gasteiger partial charge in [0.1, 0.15) is 11.8 Å². The number of sulfone groups is 1. The van der Waals surface area contributed by atoms with Gasteiger partial charge in [-0.05, 0) is 12.5 Å². The van der Waals surface area contributed by atoms with Gasteiger partial charge in [0.15, 0.2) is 9.84 Å². The second kappa shape index (κ2) is 4.89. The lowest BCUT2D eigenvalue weighted by atomic mass is 10.2. The van der Waals surface area contributed by atoms with Crippen LogP contribution >= 0.6 is 0 Å². The first-order chi connectivity index (χ1) is 7.09. The third-order valence-corrected chi connectivity index (χ3v) is 3.67. The lowest BCUT2D eigenvalue weighted by molar-refractivity contribution is 0.594. The normalized spacial score (nSPS) is 10.9. The van der Waals surface area contributed by atoms with Gasteiger partial charge in [0.25, 0.3) is 0 Å². The Labute approximate surface area is 89.5 Å². The number of aromatic nitrogens is 1. The Kier molecular flexibility index (Phi) is 3.81. The van der Waals surface area contributed by atoms with Gasteiger partial charge in [-0.3, -0.25) is 0 Å². The molecule has 4 nitrogen and oxygen atoms in total. The minimum atomic E-state index is -3.11. The Morgan fingerprint density at radius 1 is 1.53 bits per heavy atom. The maximum atomic E-state index is 11.5. The number of pyridine rings is 1. The molecule has 80 valence electrons. The van der Waals surface area contributed by atoms with Crippen molar-refractivity contribution >= 4 is 9.84 Å². The molecule has 1 heterocycles. The van der Waals surface area contributed by atoms with Crippen molar-refractivity contribution in [3.05, 3.63) is 29.6 Å². The number of nitrogens with zero attached hydrogens (tertiary/aromatic N) is 2. The van der Waals surface area contributed by atoms with Crippen molar-refractivity contribution in [1.82, 2.24) is 4.98 Å². The highest BCUT2D eigenvalue weighted by molar-refractivity contribution is 7.90. The van der Waals surface area contributed by atoms with Crippen molar-refractivity contribution < 1.29 is 8.42 Å². The molecule has 0 bridgehead atoms. The van der Waals surface area contributed by atoms with E-state index in [0.717, 1.165) is 0 Å². The summed E-state index contributed by atoms with van der Waals surface area (Å²) < 4.78 is 23.1. The summed E-state index contributed by atoms with van der Waals surface area (Å²) in [5.74, 6) is 0.0460. The van der Waals surface area contributed by atoms with Crippen LogP contribution in [-0.4, -0.2) is 19.2 Å². The fraction of sp³-hybridized carbons (Fsp3) is 0.400. The fourth-order valence-corrected chi connectivity index (χ4v) is 2.75. The summed E-state index contributed by atoms with van der Waals surface area (Å²) in [4.78, 5) is 3.82. The van der Waals surface area contributed by atoms with Gasteiger partial charge in [-0.2, -0.15) is 5.26 Å². The van der Waals surface area contributed by atoms with Crippen LogP contribution in [0.25, 0.3) is 0 Å². The monoisotopic (exact) mass is 224 g/mol. The number of hydrogen-bond acceptors (Lipinski definition) is 4. The summed E-state index contributed by atoms with van der Waals surface area (Å²) in [5, 5.41) is 8.74. The second-order valence-corrected chi connectivity index (χ2v) is 5.40. The molecule has 0 fully saturated rings. The molecule has 1 aromatic rings. The number of nitriles is 1. The molecule has 0 aliphatic carbocycles. The predicted molar refractivity (Wildman–Crippen MR) is 56.7 cm³/mol. The molecule has 0 saturated carbocycles. The van der Waals surface area contributed by atoms with Gasteiger partial charge in [-0.15, -0.1) is 0 Å². The highest BCUT2D eigenvalue weighted by Crippen LogP contribution is 2.10. The molecular weight excluding hydrogens is 212 g/mol. The van der Waals surface area contributed by atoms with Crippen LogP contribution in [0.1, 0.15) is 24.6 Å². The highest BCUT2D eigenvalue weighted by Gasteiger charge is 2.13. The fourth-order valence-electron chi connectivity index (χ4n) is 1.28. The molecule has 1 rings (SSSR count). The first-order valence-electron chi connectivity index (χ1n) is 4.63. The summed E-state index contributed by atoms with van der Waals surface area (Å²) in [6.45, 7) is 1.81. The molecule has 0 radical (unpaired) electrons. The van der Waals surface area contributed by atoms with Gasteiger partial charge in [-0.25, -0.2) is 13.4 Å². The summed E-state index contributed by atoms with van der Waals surface area (Å²) in [5.41, 5.74) is 0.672. The molecule has 0 amide bonds. The van der Waals surface area contributed by atoms with E-state index in [0.29, 0.717) is 12.0 Å². The third-order valence-electron chi connectivity index (χ3n) is 1.89. The molecule has 0 unspecified atom stereocenters. The van der Waals surface area contributed by atoms with E-state index >= 15 is 0 Å². The van der Waals surface area contributed by atoms with Crippen molar-refractivity contribution in [3.8, 4) is 6.07 Å². The van der Waals surface area contributed by atoms with Crippen LogP contribution in [-0.2, 0) is 15.6 Å². The highest BCUT2D eigenvalue weighted by atomic mass is 32.2. The average molecular weight is 224 g/mol. The summed E-state index contributed by atoms with van der Waals surface area (Å²) >= 11 is 0. The van der Waals surface area contributed by atoms with E-state index < -0.39 is 9.84 Å². The summed E-state index contributed by atoms with van der Waals surface area (Å²) in [6.07, 6.45) is 2.07. The van der Waals surface area contributed by atoms with Gasteiger partial charge in [0, 0.05) is 11.8 Å². The van der Waals surface area contributed by atoms with Gasteiger partial charge < -0.3 is 0 Å². The number of rotatable bonds is 4. The van der Waals surface area contributed by atoms with Crippen LogP contribution < -0.4 is 0 Å². The van der Waals surface area contributed by atoms with Crippen LogP contribution in [0, 0.1) is 11.3 Å². The van der Waals surface area contributed by atoms with Crippen molar-refractivity contribution in [2.24, 2.45) is 0 Å². The smallest absolute Gasteiger partial charge is 0.154 e. The Morgan fingerprint density at radius 3 is 2.87 bits per heavy atom. The predicted octanol–water partition coefficient (Wildman–Crippen LogP) is 1.28. The first-order valence-corrected chi connectivity index (χ1v) is 6.45. The zero-order chi connectivity index (χ0) is 11.3. The van der Waals surface area contributed by atoms with Gasteiger partial charge in [0.05, 0.1) is 11.5 Å².